The molecule has 0 aliphatic rings. The van der Waals surface area contributed by atoms with Gasteiger partial charge >= 0.3 is 12.4 Å². The molecule has 0 unspecified atom stereocenters. The molecule has 0 fully saturated rings. The van der Waals surface area contributed by atoms with Gasteiger partial charge in [-0.3, -0.25) is 4.79 Å². The van der Waals surface area contributed by atoms with Crippen molar-refractivity contribution >= 4 is 0 Å². The molecule has 24 heavy (non-hydrogen) atoms. The van der Waals surface area contributed by atoms with Crippen molar-refractivity contribution in [1.29, 1.82) is 0 Å². The van der Waals surface area contributed by atoms with Crippen molar-refractivity contribution in [1.82, 2.24) is 9.97 Å². The molecule has 0 spiro atoms. The van der Waals surface area contributed by atoms with E-state index in [0.717, 1.165) is 6.07 Å². The fraction of sp³-hybridized carbons (Fsp3) is 0.231. The molecule has 1 heterocycles. The van der Waals surface area contributed by atoms with E-state index >= 15 is 0 Å². The normalized spacial score (nSPS) is 12.5. The molecule has 1 aromatic carbocycles. The van der Waals surface area contributed by atoms with Gasteiger partial charge in [0.15, 0.2) is 5.69 Å². The molecule has 1 aromatic heterocycles. The Hall–Kier alpha value is -2.43. The Balaban J connectivity index is 2.86. The summed E-state index contributed by atoms with van der Waals surface area (Å²) in [6.07, 6.45) is -10.2. The second kappa shape index (κ2) is 5.89. The van der Waals surface area contributed by atoms with Gasteiger partial charge < -0.3 is 10.7 Å². The maximum atomic E-state index is 14.3. The van der Waals surface area contributed by atoms with E-state index in [2.05, 4.69) is 4.98 Å². The van der Waals surface area contributed by atoms with Gasteiger partial charge in [-0.1, -0.05) is 6.07 Å². The summed E-state index contributed by atoms with van der Waals surface area (Å²) in [4.78, 5) is 16.0. The van der Waals surface area contributed by atoms with Crippen molar-refractivity contribution in [2.24, 2.45) is 5.73 Å². The number of nitrogens with one attached hydrogen (secondary N) is 1. The van der Waals surface area contributed by atoms with Gasteiger partial charge in [-0.2, -0.15) is 26.3 Å². The van der Waals surface area contributed by atoms with Gasteiger partial charge in [-0.15, -0.1) is 0 Å². The summed E-state index contributed by atoms with van der Waals surface area (Å²) >= 11 is 0. The van der Waals surface area contributed by atoms with E-state index in [4.69, 9.17) is 5.73 Å². The second-order valence-electron chi connectivity index (χ2n) is 4.64. The van der Waals surface area contributed by atoms with Crippen molar-refractivity contribution in [3.63, 3.8) is 0 Å². The fourth-order valence-electron chi connectivity index (χ4n) is 1.97. The number of aromatic amines is 1. The zero-order valence-corrected chi connectivity index (χ0v) is 11.5. The lowest BCUT2D eigenvalue weighted by molar-refractivity contribution is -0.141. The lowest BCUT2D eigenvalue weighted by Gasteiger charge is -2.16. The molecule has 2 aromatic rings. The van der Waals surface area contributed by atoms with Crippen LogP contribution < -0.4 is 11.3 Å². The van der Waals surface area contributed by atoms with Crippen molar-refractivity contribution < 1.29 is 30.7 Å². The fourth-order valence-corrected chi connectivity index (χ4v) is 1.97. The topological polar surface area (TPSA) is 71.8 Å². The number of rotatable bonds is 2. The molecule has 0 aliphatic carbocycles. The molecule has 0 amide bonds. The van der Waals surface area contributed by atoms with E-state index in [1.54, 1.807) is 4.98 Å². The zero-order valence-electron chi connectivity index (χ0n) is 11.5. The maximum Gasteiger partial charge on any atom is 0.433 e. The Morgan fingerprint density at radius 3 is 2.21 bits per heavy atom. The molecule has 130 valence electrons. The second-order valence-corrected chi connectivity index (χ2v) is 4.64. The maximum absolute atomic E-state index is 14.3. The zero-order chi connectivity index (χ0) is 18.3. The molecule has 0 bridgehead atoms. The van der Waals surface area contributed by atoms with Crippen LogP contribution in [0.2, 0.25) is 0 Å². The van der Waals surface area contributed by atoms with Gasteiger partial charge in [0.05, 0.1) is 11.1 Å². The summed E-state index contributed by atoms with van der Waals surface area (Å²) in [5.74, 6) is -2.69. The highest BCUT2D eigenvalue weighted by Crippen LogP contribution is 2.38. The summed E-state index contributed by atoms with van der Waals surface area (Å²) in [5, 5.41) is 0. The molecule has 11 heteroatoms. The van der Waals surface area contributed by atoms with E-state index in [-0.39, 0.29) is 11.6 Å². The number of hydrogen-bond acceptors (Lipinski definition) is 3. The SMILES string of the molecule is NCc1ccc(C(F)(F)F)c(-c2nc(C(F)(F)F)cc(=O)[nH]2)c1F. The van der Waals surface area contributed by atoms with Gasteiger partial charge in [-0.25, -0.2) is 9.37 Å². The smallest absolute Gasteiger partial charge is 0.326 e. The number of halogens is 7. The summed E-state index contributed by atoms with van der Waals surface area (Å²) < 4.78 is 91.5. The number of H-pyrrole nitrogens is 1. The minimum absolute atomic E-state index is 0.0570. The lowest BCUT2D eigenvalue weighted by atomic mass is 10.0. The van der Waals surface area contributed by atoms with Gasteiger partial charge in [0, 0.05) is 18.2 Å². The third-order valence-corrected chi connectivity index (χ3v) is 3.02. The Labute approximate surface area is 129 Å². The molecular formula is C13H8F7N3O. The predicted octanol–water partition coefficient (Wildman–Crippen LogP) is 3.07. The Bertz CT molecular complexity index is 824. The van der Waals surface area contributed by atoms with E-state index in [0.29, 0.717) is 6.07 Å². The van der Waals surface area contributed by atoms with Gasteiger partial charge in [0.2, 0.25) is 0 Å². The van der Waals surface area contributed by atoms with Crippen LogP contribution in [0.3, 0.4) is 0 Å². The van der Waals surface area contributed by atoms with Crippen LogP contribution in [-0.4, -0.2) is 9.97 Å². The quantitative estimate of drug-likeness (QED) is 0.814. The molecular weight excluding hydrogens is 347 g/mol. The molecule has 0 saturated heterocycles. The van der Waals surface area contributed by atoms with E-state index in [1.165, 1.54) is 0 Å². The average molecular weight is 355 g/mol. The number of aromatic nitrogens is 2. The van der Waals surface area contributed by atoms with Crippen molar-refractivity contribution in [3.05, 3.63) is 51.2 Å². The van der Waals surface area contributed by atoms with Crippen LogP contribution in [0.25, 0.3) is 11.4 Å². The van der Waals surface area contributed by atoms with Crippen LogP contribution >= 0.6 is 0 Å². The first-order valence-electron chi connectivity index (χ1n) is 6.22. The third kappa shape index (κ3) is 3.40. The number of nitrogens with two attached hydrogens (primary N) is 1. The predicted molar refractivity (Wildman–Crippen MR) is 68.1 cm³/mol. The highest BCUT2D eigenvalue weighted by atomic mass is 19.4. The summed E-state index contributed by atoms with van der Waals surface area (Å²) in [6.45, 7) is -0.500. The highest BCUT2D eigenvalue weighted by Gasteiger charge is 2.38. The van der Waals surface area contributed by atoms with E-state index < -0.39 is 52.9 Å². The Morgan fingerprint density at radius 1 is 1.08 bits per heavy atom. The van der Waals surface area contributed by atoms with Crippen LogP contribution in [0.4, 0.5) is 30.7 Å². The first-order valence-corrected chi connectivity index (χ1v) is 6.22. The first-order chi connectivity index (χ1) is 10.9. The van der Waals surface area contributed by atoms with Gasteiger partial charge in [-0.05, 0) is 6.07 Å². The number of alkyl halides is 6. The highest BCUT2D eigenvalue weighted by molar-refractivity contribution is 5.63. The minimum atomic E-state index is -5.09. The monoisotopic (exact) mass is 355 g/mol. The number of hydrogen-bond donors (Lipinski definition) is 2. The minimum Gasteiger partial charge on any atom is -0.326 e. The van der Waals surface area contributed by atoms with Crippen molar-refractivity contribution in [2.45, 2.75) is 18.9 Å². The molecule has 0 radical (unpaired) electrons. The van der Waals surface area contributed by atoms with Gasteiger partial charge in [0.1, 0.15) is 11.6 Å². The molecule has 2 rings (SSSR count). The Kier molecular flexibility index (Phi) is 4.40. The van der Waals surface area contributed by atoms with Crippen LogP contribution in [-0.2, 0) is 18.9 Å². The Morgan fingerprint density at radius 2 is 1.71 bits per heavy atom. The van der Waals surface area contributed by atoms with Crippen LogP contribution in [0.1, 0.15) is 16.8 Å². The summed E-state index contributed by atoms with van der Waals surface area (Å²) in [7, 11) is 0. The van der Waals surface area contributed by atoms with Crippen LogP contribution in [0, 0.1) is 5.82 Å². The van der Waals surface area contributed by atoms with Crippen LogP contribution in [0.5, 0.6) is 0 Å². The standard InChI is InChI=1S/C13H8F7N3O/c14-10-5(4-21)1-2-6(12(15,16)17)9(10)11-22-7(13(18,19)20)3-8(24)23-11/h1-3H,4,21H2,(H,22,23,24). The van der Waals surface area contributed by atoms with Crippen LogP contribution in [0.15, 0.2) is 23.0 Å². The largest absolute Gasteiger partial charge is 0.433 e. The summed E-state index contributed by atoms with van der Waals surface area (Å²) in [5.41, 5.74) is -1.19. The summed E-state index contributed by atoms with van der Waals surface area (Å²) in [6, 6.07) is 1.27. The lowest BCUT2D eigenvalue weighted by Crippen LogP contribution is -2.19. The third-order valence-electron chi connectivity index (χ3n) is 3.02. The number of benzene rings is 1. The first kappa shape index (κ1) is 17.9. The number of nitrogens with zero attached hydrogens (tertiary/aromatic N) is 1. The molecule has 0 saturated carbocycles. The van der Waals surface area contributed by atoms with Gasteiger partial charge in [0.25, 0.3) is 5.56 Å². The van der Waals surface area contributed by atoms with E-state index in [1.807, 2.05) is 0 Å². The van der Waals surface area contributed by atoms with Crippen molar-refractivity contribution in [2.75, 3.05) is 0 Å². The molecule has 4 nitrogen and oxygen atoms in total. The average Bonchev–Trinajstić information content (AvgIpc) is 2.44. The van der Waals surface area contributed by atoms with E-state index in [9.17, 15) is 35.5 Å². The molecule has 0 aliphatic heterocycles. The molecule has 3 N–H and O–H groups in total. The van der Waals surface area contributed by atoms with Crippen molar-refractivity contribution in [3.8, 4) is 11.4 Å². The molecule has 0 atom stereocenters.